The standard InChI is InChI=1S/C18H33NO2/c1-2-3-6-15-7-9-16(10-8-15)17(21)19-13-18(14-20)11-4-5-12-18/h15-16,20H,2-14H2,1H3,(H,19,21). The molecule has 2 aliphatic carbocycles. The molecule has 3 heteroatoms. The first kappa shape index (κ1) is 16.8. The highest BCUT2D eigenvalue weighted by molar-refractivity contribution is 5.78. The number of hydrogen-bond acceptors (Lipinski definition) is 2. The van der Waals surface area contributed by atoms with Crippen LogP contribution in [-0.4, -0.2) is 24.2 Å². The van der Waals surface area contributed by atoms with E-state index in [0.717, 1.165) is 31.6 Å². The van der Waals surface area contributed by atoms with Crippen molar-refractivity contribution in [3.63, 3.8) is 0 Å². The highest BCUT2D eigenvalue weighted by Gasteiger charge is 2.34. The van der Waals surface area contributed by atoms with Gasteiger partial charge in [0.1, 0.15) is 0 Å². The van der Waals surface area contributed by atoms with E-state index < -0.39 is 0 Å². The third kappa shape index (κ3) is 4.70. The largest absolute Gasteiger partial charge is 0.396 e. The molecule has 122 valence electrons. The second-order valence-electron chi connectivity index (χ2n) is 7.44. The van der Waals surface area contributed by atoms with Crippen molar-refractivity contribution < 1.29 is 9.90 Å². The van der Waals surface area contributed by atoms with Crippen LogP contribution in [-0.2, 0) is 4.79 Å². The molecule has 0 saturated heterocycles. The van der Waals surface area contributed by atoms with Gasteiger partial charge in [-0.2, -0.15) is 0 Å². The molecular formula is C18H33NO2. The van der Waals surface area contributed by atoms with Crippen LogP contribution in [0.5, 0.6) is 0 Å². The minimum Gasteiger partial charge on any atom is -0.396 e. The average Bonchev–Trinajstić information content (AvgIpc) is 3.00. The monoisotopic (exact) mass is 295 g/mol. The quantitative estimate of drug-likeness (QED) is 0.753. The van der Waals surface area contributed by atoms with Crippen molar-refractivity contribution in [2.24, 2.45) is 17.3 Å². The SMILES string of the molecule is CCCCC1CCC(C(=O)NCC2(CO)CCCC2)CC1. The lowest BCUT2D eigenvalue weighted by Crippen LogP contribution is -2.41. The van der Waals surface area contributed by atoms with Crippen molar-refractivity contribution in [2.45, 2.75) is 77.6 Å². The van der Waals surface area contributed by atoms with Gasteiger partial charge in [0.15, 0.2) is 0 Å². The van der Waals surface area contributed by atoms with Crippen molar-refractivity contribution in [1.29, 1.82) is 0 Å². The van der Waals surface area contributed by atoms with Gasteiger partial charge in [-0.25, -0.2) is 0 Å². The summed E-state index contributed by atoms with van der Waals surface area (Å²) in [4.78, 5) is 12.3. The molecule has 2 N–H and O–H groups in total. The number of aliphatic hydroxyl groups excluding tert-OH is 1. The number of carbonyl (C=O) groups excluding carboxylic acids is 1. The van der Waals surface area contributed by atoms with E-state index in [1.807, 2.05) is 0 Å². The second-order valence-corrected chi connectivity index (χ2v) is 7.44. The molecule has 0 heterocycles. The van der Waals surface area contributed by atoms with Crippen LogP contribution in [0.15, 0.2) is 0 Å². The van der Waals surface area contributed by atoms with Gasteiger partial charge in [-0.1, -0.05) is 39.0 Å². The highest BCUT2D eigenvalue weighted by atomic mass is 16.3. The molecule has 0 radical (unpaired) electrons. The summed E-state index contributed by atoms with van der Waals surface area (Å²) in [6.45, 7) is 3.15. The maximum atomic E-state index is 12.3. The minimum absolute atomic E-state index is 0.0199. The Morgan fingerprint density at radius 2 is 1.86 bits per heavy atom. The Hall–Kier alpha value is -0.570. The molecule has 2 rings (SSSR count). The Kier molecular flexibility index (Phi) is 6.53. The van der Waals surface area contributed by atoms with Gasteiger partial charge in [-0.3, -0.25) is 4.79 Å². The van der Waals surface area contributed by atoms with E-state index in [1.165, 1.54) is 44.9 Å². The highest BCUT2D eigenvalue weighted by Crippen LogP contribution is 2.37. The topological polar surface area (TPSA) is 49.3 Å². The van der Waals surface area contributed by atoms with Crippen LogP contribution < -0.4 is 5.32 Å². The van der Waals surface area contributed by atoms with E-state index >= 15 is 0 Å². The Morgan fingerprint density at radius 3 is 2.43 bits per heavy atom. The van der Waals surface area contributed by atoms with Crippen LogP contribution in [0.1, 0.15) is 77.6 Å². The third-order valence-corrected chi connectivity index (χ3v) is 5.82. The van der Waals surface area contributed by atoms with E-state index in [0.29, 0.717) is 6.54 Å². The summed E-state index contributed by atoms with van der Waals surface area (Å²) in [7, 11) is 0. The predicted molar refractivity (Wildman–Crippen MR) is 86.0 cm³/mol. The Labute approximate surface area is 129 Å². The number of nitrogens with one attached hydrogen (secondary N) is 1. The van der Waals surface area contributed by atoms with Crippen LogP contribution in [0, 0.1) is 17.3 Å². The molecule has 0 spiro atoms. The fourth-order valence-corrected chi connectivity index (χ4v) is 4.14. The van der Waals surface area contributed by atoms with Gasteiger partial charge in [-0.05, 0) is 44.4 Å². The zero-order chi connectivity index (χ0) is 15.1. The van der Waals surface area contributed by atoms with Crippen molar-refractivity contribution in [2.75, 3.05) is 13.2 Å². The molecule has 0 aromatic carbocycles. The molecule has 3 nitrogen and oxygen atoms in total. The zero-order valence-electron chi connectivity index (χ0n) is 13.7. The first-order chi connectivity index (χ1) is 10.2. The third-order valence-electron chi connectivity index (χ3n) is 5.82. The maximum absolute atomic E-state index is 12.3. The van der Waals surface area contributed by atoms with E-state index in [1.54, 1.807) is 0 Å². The molecule has 0 unspecified atom stereocenters. The van der Waals surface area contributed by atoms with E-state index in [2.05, 4.69) is 12.2 Å². The van der Waals surface area contributed by atoms with Gasteiger partial charge in [0.05, 0.1) is 6.61 Å². The maximum Gasteiger partial charge on any atom is 0.223 e. The number of unbranched alkanes of at least 4 members (excludes halogenated alkanes) is 1. The van der Waals surface area contributed by atoms with Gasteiger partial charge < -0.3 is 10.4 Å². The normalized spacial score (nSPS) is 28.5. The Balaban J connectivity index is 1.70. The number of aliphatic hydroxyl groups is 1. The molecule has 2 saturated carbocycles. The molecule has 0 aliphatic heterocycles. The van der Waals surface area contributed by atoms with Gasteiger partial charge in [0, 0.05) is 17.9 Å². The number of carbonyl (C=O) groups is 1. The minimum atomic E-state index is -0.0199. The Morgan fingerprint density at radius 1 is 1.19 bits per heavy atom. The van der Waals surface area contributed by atoms with Crippen molar-refractivity contribution >= 4 is 5.91 Å². The molecule has 1 amide bonds. The Bertz CT molecular complexity index is 315. The fraction of sp³-hybridized carbons (Fsp3) is 0.944. The summed E-state index contributed by atoms with van der Waals surface area (Å²) in [5, 5.41) is 12.8. The van der Waals surface area contributed by atoms with E-state index in [4.69, 9.17) is 0 Å². The van der Waals surface area contributed by atoms with Crippen LogP contribution in [0.4, 0.5) is 0 Å². The van der Waals surface area contributed by atoms with Gasteiger partial charge in [-0.15, -0.1) is 0 Å². The molecule has 0 bridgehead atoms. The first-order valence-electron chi connectivity index (χ1n) is 9.08. The molecule has 21 heavy (non-hydrogen) atoms. The zero-order valence-corrected chi connectivity index (χ0v) is 13.7. The summed E-state index contributed by atoms with van der Waals surface area (Å²) >= 11 is 0. The van der Waals surface area contributed by atoms with Crippen LogP contribution in [0.3, 0.4) is 0 Å². The lowest BCUT2D eigenvalue weighted by molar-refractivity contribution is -0.126. The van der Waals surface area contributed by atoms with Gasteiger partial charge in [0.2, 0.25) is 5.91 Å². The number of rotatable bonds is 7. The van der Waals surface area contributed by atoms with Crippen molar-refractivity contribution in [3.8, 4) is 0 Å². The van der Waals surface area contributed by atoms with Gasteiger partial charge in [0.25, 0.3) is 0 Å². The van der Waals surface area contributed by atoms with Crippen LogP contribution in [0.2, 0.25) is 0 Å². The predicted octanol–water partition coefficient (Wildman–Crippen LogP) is 3.65. The van der Waals surface area contributed by atoms with E-state index in [-0.39, 0.29) is 23.8 Å². The molecular weight excluding hydrogens is 262 g/mol. The average molecular weight is 295 g/mol. The summed E-state index contributed by atoms with van der Waals surface area (Å²) in [6.07, 6.45) is 13.0. The second kappa shape index (κ2) is 8.17. The van der Waals surface area contributed by atoms with E-state index in [9.17, 15) is 9.90 Å². The first-order valence-corrected chi connectivity index (χ1v) is 9.08. The van der Waals surface area contributed by atoms with Gasteiger partial charge >= 0.3 is 0 Å². The molecule has 2 aliphatic rings. The van der Waals surface area contributed by atoms with Crippen LogP contribution >= 0.6 is 0 Å². The lowest BCUT2D eigenvalue weighted by atomic mass is 9.79. The molecule has 0 atom stereocenters. The number of hydrogen-bond donors (Lipinski definition) is 2. The smallest absolute Gasteiger partial charge is 0.223 e. The van der Waals surface area contributed by atoms with Crippen LogP contribution in [0.25, 0.3) is 0 Å². The summed E-state index contributed by atoms with van der Waals surface area (Å²) < 4.78 is 0. The summed E-state index contributed by atoms with van der Waals surface area (Å²) in [5.41, 5.74) is -0.0199. The van der Waals surface area contributed by atoms with Crippen molar-refractivity contribution in [1.82, 2.24) is 5.32 Å². The fourth-order valence-electron chi connectivity index (χ4n) is 4.14. The summed E-state index contributed by atoms with van der Waals surface area (Å²) in [5.74, 6) is 1.32. The summed E-state index contributed by atoms with van der Waals surface area (Å²) in [6, 6.07) is 0. The number of amides is 1. The molecule has 2 fully saturated rings. The molecule has 0 aromatic rings. The van der Waals surface area contributed by atoms with Crippen molar-refractivity contribution in [3.05, 3.63) is 0 Å². The lowest BCUT2D eigenvalue weighted by Gasteiger charge is -2.30. The molecule has 0 aromatic heterocycles.